The van der Waals surface area contributed by atoms with Crippen LogP contribution in [0.25, 0.3) is 0 Å². The summed E-state index contributed by atoms with van der Waals surface area (Å²) in [5.74, 6) is 1.19. The van der Waals surface area contributed by atoms with Gasteiger partial charge in [0.2, 0.25) is 8.32 Å². The number of ether oxygens (including phenoxy) is 1. The van der Waals surface area contributed by atoms with Gasteiger partial charge in [-0.2, -0.15) is 0 Å². The third-order valence-electron chi connectivity index (χ3n) is 8.96. The fourth-order valence-electron chi connectivity index (χ4n) is 7.09. The van der Waals surface area contributed by atoms with Crippen molar-refractivity contribution in [1.82, 2.24) is 0 Å². The Morgan fingerprint density at radius 2 is 1.56 bits per heavy atom. The number of benzene rings is 1. The molecule has 1 N–H and O–H groups in total. The molecule has 0 amide bonds. The molecule has 6 atom stereocenters. The maximum absolute atomic E-state index is 12.7. The van der Waals surface area contributed by atoms with Crippen molar-refractivity contribution >= 4 is 20.1 Å². The van der Waals surface area contributed by atoms with Crippen LogP contribution < -0.4 is 0 Å². The van der Waals surface area contributed by atoms with Crippen molar-refractivity contribution < 1.29 is 14.3 Å². The highest BCUT2D eigenvalue weighted by Gasteiger charge is 2.57. The highest BCUT2D eigenvalue weighted by Crippen LogP contribution is 2.55. The summed E-state index contributed by atoms with van der Waals surface area (Å²) in [6.45, 7) is 23.0. The maximum atomic E-state index is 12.7. The first-order chi connectivity index (χ1) is 15.8. The lowest BCUT2D eigenvalue weighted by atomic mass is 9.74. The Morgan fingerprint density at radius 1 is 1.00 bits per heavy atom. The molecule has 1 aromatic rings. The molecule has 1 saturated carbocycles. The molecule has 0 spiro atoms. The van der Waals surface area contributed by atoms with Crippen molar-refractivity contribution in [3.63, 3.8) is 0 Å². The van der Waals surface area contributed by atoms with Gasteiger partial charge in [0, 0.05) is 4.75 Å². The Kier molecular flexibility index (Phi) is 8.78. The molecule has 2 aliphatic rings. The summed E-state index contributed by atoms with van der Waals surface area (Å²) in [5.41, 5.74) is 0.660. The smallest absolute Gasteiger partial charge is 0.200 e. The third kappa shape index (κ3) is 5.07. The Hall–Kier alpha value is -0.333. The summed E-state index contributed by atoms with van der Waals surface area (Å²) >= 11 is 1.82. The minimum atomic E-state index is -2.20. The van der Waals surface area contributed by atoms with Crippen molar-refractivity contribution in [2.24, 2.45) is 11.8 Å². The van der Waals surface area contributed by atoms with Crippen LogP contribution in [0.2, 0.25) is 16.6 Å². The van der Waals surface area contributed by atoms with E-state index in [1.807, 2.05) is 30.0 Å². The molecule has 3 rings (SSSR count). The summed E-state index contributed by atoms with van der Waals surface area (Å²) in [6, 6.07) is 10.2. The van der Waals surface area contributed by atoms with E-state index < -0.39 is 13.9 Å². The van der Waals surface area contributed by atoms with E-state index in [-0.39, 0.29) is 22.4 Å². The van der Waals surface area contributed by atoms with E-state index in [1.54, 1.807) is 0 Å². The summed E-state index contributed by atoms with van der Waals surface area (Å²) in [5, 5.41) is 12.7. The number of hydrogen-bond donors (Lipinski definition) is 1. The highest BCUT2D eigenvalue weighted by molar-refractivity contribution is 8.01. The largest absolute Gasteiger partial charge is 0.410 e. The predicted molar refractivity (Wildman–Crippen MR) is 149 cm³/mol. The molecule has 1 aliphatic heterocycles. The summed E-state index contributed by atoms with van der Waals surface area (Å²) in [7, 11) is -2.20. The second-order valence-corrected chi connectivity index (χ2v) is 19.6. The average molecular weight is 507 g/mol. The van der Waals surface area contributed by atoms with E-state index in [0.29, 0.717) is 28.5 Å². The summed E-state index contributed by atoms with van der Waals surface area (Å²) in [4.78, 5) is 0. The van der Waals surface area contributed by atoms with Gasteiger partial charge in [0.15, 0.2) is 0 Å². The molecule has 0 bridgehead atoms. The Morgan fingerprint density at radius 3 is 2.09 bits per heavy atom. The average Bonchev–Trinajstić information content (AvgIpc) is 2.75. The van der Waals surface area contributed by atoms with Crippen LogP contribution in [0.3, 0.4) is 0 Å². The van der Waals surface area contributed by atoms with Crippen LogP contribution in [-0.2, 0) is 14.8 Å². The van der Waals surface area contributed by atoms with Gasteiger partial charge in [0.25, 0.3) is 0 Å². The number of thioether (sulfide) groups is 1. The molecule has 0 aromatic heterocycles. The van der Waals surface area contributed by atoms with Crippen LogP contribution in [0.4, 0.5) is 0 Å². The first-order valence-electron chi connectivity index (χ1n) is 13.6. The van der Waals surface area contributed by atoms with Gasteiger partial charge >= 0.3 is 0 Å². The zero-order valence-electron chi connectivity index (χ0n) is 23.3. The second-order valence-electron chi connectivity index (χ2n) is 12.5. The van der Waals surface area contributed by atoms with Crippen LogP contribution in [0.1, 0.15) is 94.1 Å². The molecular weight excluding hydrogens is 456 g/mol. The monoisotopic (exact) mass is 506 g/mol. The summed E-state index contributed by atoms with van der Waals surface area (Å²) < 4.78 is 14.1. The Balaban J connectivity index is 2.05. The van der Waals surface area contributed by atoms with Gasteiger partial charge in [0.05, 0.1) is 12.2 Å². The molecule has 1 aromatic carbocycles. The first-order valence-corrected chi connectivity index (χ1v) is 16.6. The molecule has 1 saturated heterocycles. The van der Waals surface area contributed by atoms with Crippen LogP contribution >= 0.6 is 11.8 Å². The fourth-order valence-corrected chi connectivity index (χ4v) is 14.4. The van der Waals surface area contributed by atoms with Crippen molar-refractivity contribution in [1.29, 1.82) is 0 Å². The molecular formula is C29H50O3SSi. The predicted octanol–water partition coefficient (Wildman–Crippen LogP) is 8.13. The fraction of sp³-hybridized carbons (Fsp3) is 0.793. The third-order valence-corrected chi connectivity index (χ3v) is 16.7. The van der Waals surface area contributed by atoms with Gasteiger partial charge in [-0.3, -0.25) is 0 Å². The lowest BCUT2D eigenvalue weighted by Gasteiger charge is -2.55. The standard InChI is InChI=1S/C29H50O3SSi/c1-19(2)34(20(3)4,21(5)6)32-23(8)29(30,24-14-12-11-13-15-24)27-31-26-18-22(7)16-17-25(26)28(9,10)33-27/h11-15,19-23,25-27,30H,16-18H2,1-10H3/t22-,23+,25-,26-,27-,29-/m1/s1. The van der Waals surface area contributed by atoms with Gasteiger partial charge in [-0.15, -0.1) is 11.8 Å². The van der Waals surface area contributed by atoms with Crippen LogP contribution in [0.5, 0.6) is 0 Å². The van der Waals surface area contributed by atoms with E-state index in [4.69, 9.17) is 9.16 Å². The van der Waals surface area contributed by atoms with Crippen LogP contribution in [-0.4, -0.2) is 35.8 Å². The quantitative estimate of drug-likeness (QED) is 0.361. The van der Waals surface area contributed by atoms with Crippen molar-refractivity contribution in [3.05, 3.63) is 35.9 Å². The molecule has 3 nitrogen and oxygen atoms in total. The second kappa shape index (κ2) is 10.6. The van der Waals surface area contributed by atoms with Crippen molar-refractivity contribution in [2.75, 3.05) is 0 Å². The summed E-state index contributed by atoms with van der Waals surface area (Å²) in [6.07, 6.45) is 3.37. The molecule has 0 radical (unpaired) electrons. The minimum absolute atomic E-state index is 0.0405. The van der Waals surface area contributed by atoms with Crippen molar-refractivity contribution in [2.45, 2.75) is 133 Å². The highest BCUT2D eigenvalue weighted by atomic mass is 32.2. The normalized spacial score (nSPS) is 30.3. The Labute approximate surface area is 214 Å². The van der Waals surface area contributed by atoms with Crippen molar-refractivity contribution in [3.8, 4) is 0 Å². The van der Waals surface area contributed by atoms with E-state index in [1.165, 1.54) is 12.8 Å². The zero-order valence-corrected chi connectivity index (χ0v) is 25.1. The van der Waals surface area contributed by atoms with Gasteiger partial charge in [-0.05, 0) is 53.8 Å². The van der Waals surface area contributed by atoms with E-state index in [0.717, 1.165) is 12.0 Å². The molecule has 1 heterocycles. The minimum Gasteiger partial charge on any atom is -0.410 e. The lowest BCUT2D eigenvalue weighted by molar-refractivity contribution is -0.170. The SMILES string of the molecule is CC(C)[Si](O[C@@H](C)[C@@](O)(c1ccccc1)[C@@H]1O[C@@H]2C[C@H](C)CC[C@H]2C(C)(C)S1)(C(C)C)C(C)C. The zero-order chi connectivity index (χ0) is 25.5. The Bertz CT molecular complexity index is 774. The number of rotatable bonds is 8. The van der Waals surface area contributed by atoms with Gasteiger partial charge in [0.1, 0.15) is 11.0 Å². The number of fused-ring (bicyclic) bond motifs is 1. The van der Waals surface area contributed by atoms with E-state index >= 15 is 0 Å². The molecule has 1 aliphatic carbocycles. The lowest BCUT2D eigenvalue weighted by Crippen LogP contribution is -2.60. The van der Waals surface area contributed by atoms with E-state index in [2.05, 4.69) is 81.4 Å². The number of hydrogen-bond acceptors (Lipinski definition) is 4. The number of aliphatic hydroxyl groups is 1. The molecule has 2 fully saturated rings. The van der Waals surface area contributed by atoms with Gasteiger partial charge < -0.3 is 14.3 Å². The molecule has 194 valence electrons. The first kappa shape index (κ1) is 28.2. The van der Waals surface area contributed by atoms with E-state index in [9.17, 15) is 5.11 Å². The molecule has 0 unspecified atom stereocenters. The van der Waals surface area contributed by atoms with Crippen LogP contribution in [0.15, 0.2) is 30.3 Å². The molecule has 5 heteroatoms. The van der Waals surface area contributed by atoms with Gasteiger partial charge in [-0.25, -0.2) is 0 Å². The van der Waals surface area contributed by atoms with Crippen LogP contribution in [0, 0.1) is 11.8 Å². The van der Waals surface area contributed by atoms with Gasteiger partial charge in [-0.1, -0.05) is 99.1 Å². The maximum Gasteiger partial charge on any atom is 0.200 e. The molecule has 34 heavy (non-hydrogen) atoms. The topological polar surface area (TPSA) is 38.7 Å².